The van der Waals surface area contributed by atoms with Crippen LogP contribution in [0.5, 0.6) is 0 Å². The first-order valence-electron chi connectivity index (χ1n) is 0. The van der Waals surface area contributed by atoms with E-state index in [0.29, 0.717) is 0 Å². The van der Waals surface area contributed by atoms with Crippen LogP contribution in [0.4, 0.5) is 0 Å². The molecule has 1 nitrogen and oxygen atoms in total. The van der Waals surface area contributed by atoms with Gasteiger partial charge in [-0.15, -0.1) is 0 Å². The van der Waals surface area contributed by atoms with E-state index in [0.717, 1.165) is 0 Å². The molecule has 4 heteroatoms. The molecule has 0 N–H and O–H groups in total. The third-order valence-electron chi connectivity index (χ3n) is 0. The molecule has 0 fully saturated rings. The van der Waals surface area contributed by atoms with Gasteiger partial charge in [-0.25, -0.2) is 0 Å². The van der Waals surface area contributed by atoms with Crippen molar-refractivity contribution in [3.63, 3.8) is 0 Å². The fourth-order valence-corrected chi connectivity index (χ4v) is 0. The maximum Gasteiger partial charge on any atom is 2.00 e. The summed E-state index contributed by atoms with van der Waals surface area (Å²) in [5.41, 5.74) is 0. The minimum Gasteiger partial charge on any atom is -2.00 e. The molecule has 0 saturated carbocycles. The Morgan fingerprint density at radius 2 is 1.25 bits per heavy atom. The molecule has 0 unspecified atom stereocenters. The molecule has 4 heavy (non-hydrogen) atoms. The Bertz CT molecular complexity index is 11.6. The van der Waals surface area contributed by atoms with Crippen molar-refractivity contribution in [2.75, 3.05) is 0 Å². The zero-order valence-electron chi connectivity index (χ0n) is 3.19. The van der Waals surface area contributed by atoms with Gasteiger partial charge in [0.25, 0.3) is 0 Å². The van der Waals surface area contributed by atoms with Crippen molar-refractivity contribution in [1.82, 2.24) is 0 Å². The van der Waals surface area contributed by atoms with E-state index in [4.69, 9.17) is 0 Å². The number of rotatable bonds is 0. The van der Waals surface area contributed by atoms with Gasteiger partial charge in [-0.1, -0.05) is 0 Å². The first-order valence-corrected chi connectivity index (χ1v) is 0. The van der Waals surface area contributed by atoms with E-state index in [2.05, 4.69) is 0 Å². The molecule has 0 aromatic rings. The van der Waals surface area contributed by atoms with E-state index in [1.54, 1.807) is 0 Å². The van der Waals surface area contributed by atoms with E-state index in [1.165, 1.54) is 0 Å². The van der Waals surface area contributed by atoms with Crippen molar-refractivity contribution in [3.8, 4) is 0 Å². The van der Waals surface area contributed by atoms with E-state index < -0.39 is 0 Å². The smallest absolute Gasteiger partial charge is 2.00 e. The molecule has 0 aromatic carbocycles. The zero-order chi connectivity index (χ0) is 0. The molecule has 0 amide bonds. The molecular formula is HCrLiMnO. The predicted octanol–water partition coefficient (Wildman–Crippen LogP) is -3.01. The summed E-state index contributed by atoms with van der Waals surface area (Å²) < 4.78 is 0. The summed E-state index contributed by atoms with van der Waals surface area (Å²) in [7, 11) is 0. The van der Waals surface area contributed by atoms with E-state index >= 15 is 0 Å². The summed E-state index contributed by atoms with van der Waals surface area (Å²) in [6.07, 6.45) is 0. The van der Waals surface area contributed by atoms with Gasteiger partial charge >= 0.3 is 35.9 Å². The van der Waals surface area contributed by atoms with Crippen LogP contribution in [-0.2, 0) is 39.9 Å². The average Bonchev–Trinajstić information content (AvgIpc) is 0. The van der Waals surface area contributed by atoms with Gasteiger partial charge < -0.3 is 6.90 Å². The van der Waals surface area contributed by atoms with Crippen LogP contribution in [0, 0.1) is 0 Å². The molecule has 0 aliphatic rings. The monoisotopic (exact) mass is 131 g/mol. The van der Waals surface area contributed by atoms with Crippen molar-refractivity contribution < 1.29 is 60.2 Å². The Labute approximate surface area is 60.1 Å². The second-order valence-corrected chi connectivity index (χ2v) is 0. The van der Waals surface area contributed by atoms with Gasteiger partial charge in [-0.3, -0.25) is 0 Å². The molecule has 0 bridgehead atoms. The SMILES string of the molecule is [Cr].[H-].[Li+].[Mn+2].[O-2]. The van der Waals surface area contributed by atoms with Crippen LogP contribution in [0.3, 0.4) is 0 Å². The maximum atomic E-state index is 0. The third-order valence-corrected chi connectivity index (χ3v) is 0. The summed E-state index contributed by atoms with van der Waals surface area (Å²) in [4.78, 5) is 0. The Morgan fingerprint density at radius 3 is 1.25 bits per heavy atom. The minimum atomic E-state index is 0. The third kappa shape index (κ3) is 9.49. The molecular weight excluding hydrogens is 130 g/mol. The van der Waals surface area contributed by atoms with Gasteiger partial charge in [0, 0.05) is 17.4 Å². The summed E-state index contributed by atoms with van der Waals surface area (Å²) in [5.74, 6) is 0. The van der Waals surface area contributed by atoms with Crippen LogP contribution >= 0.6 is 0 Å². The van der Waals surface area contributed by atoms with Crippen molar-refractivity contribution in [3.05, 3.63) is 0 Å². The molecule has 0 aliphatic heterocycles. The van der Waals surface area contributed by atoms with Crippen LogP contribution in [-0.4, -0.2) is 0 Å². The van der Waals surface area contributed by atoms with Gasteiger partial charge in [0.15, 0.2) is 0 Å². The fourth-order valence-electron chi connectivity index (χ4n) is 0. The Kier molecular flexibility index (Phi) is 267. The van der Waals surface area contributed by atoms with Gasteiger partial charge in [-0.05, 0) is 0 Å². The van der Waals surface area contributed by atoms with Crippen LogP contribution in [0.25, 0.3) is 0 Å². The Hall–Kier alpha value is 1.61. The van der Waals surface area contributed by atoms with Crippen molar-refractivity contribution in [2.45, 2.75) is 0 Å². The summed E-state index contributed by atoms with van der Waals surface area (Å²) in [5, 5.41) is 0. The fraction of sp³-hybridized carbons (Fsp3) is 0. The van der Waals surface area contributed by atoms with Crippen LogP contribution in [0.15, 0.2) is 0 Å². The maximum absolute atomic E-state index is 0. The van der Waals surface area contributed by atoms with Crippen LogP contribution < -0.4 is 18.9 Å². The Balaban J connectivity index is 0. The summed E-state index contributed by atoms with van der Waals surface area (Å²) in [6, 6.07) is 0. The zero-order valence-corrected chi connectivity index (χ0v) is 4.65. The first-order chi connectivity index (χ1) is 0. The van der Waals surface area contributed by atoms with E-state index in [-0.39, 0.29) is 60.2 Å². The van der Waals surface area contributed by atoms with Gasteiger partial charge in [0.2, 0.25) is 0 Å². The molecule has 0 aliphatic carbocycles. The van der Waals surface area contributed by atoms with Crippen molar-refractivity contribution in [1.29, 1.82) is 0 Å². The molecule has 0 saturated heterocycles. The second-order valence-electron chi connectivity index (χ2n) is 0. The predicted molar refractivity (Wildman–Crippen MR) is 1.80 cm³/mol. The van der Waals surface area contributed by atoms with Crippen LogP contribution in [0.2, 0.25) is 0 Å². The first kappa shape index (κ1) is 46.0. The van der Waals surface area contributed by atoms with E-state index in [1.807, 2.05) is 0 Å². The average molecular weight is 131 g/mol. The molecule has 1 radical (unpaired) electrons. The molecule has 21 valence electrons. The molecule has 0 spiro atoms. The number of hydrogen-bond donors (Lipinski definition) is 0. The molecule has 0 heterocycles. The molecule has 0 atom stereocenters. The quantitative estimate of drug-likeness (QED) is 0.313. The standard InChI is InChI=1S/Cr.Li.Mn.O.H/q;+1;+2;-2;-1. The van der Waals surface area contributed by atoms with Crippen LogP contribution in [0.1, 0.15) is 1.43 Å². The van der Waals surface area contributed by atoms with E-state index in [9.17, 15) is 0 Å². The number of hydrogen-bond acceptors (Lipinski definition) is 0. The normalized spacial score (nSPS) is 0. The van der Waals surface area contributed by atoms with Crippen molar-refractivity contribution >= 4 is 0 Å². The van der Waals surface area contributed by atoms with Gasteiger partial charge in [0.1, 0.15) is 0 Å². The topological polar surface area (TPSA) is 28.5 Å². The second kappa shape index (κ2) is 23.2. The molecule has 0 aromatic heterocycles. The van der Waals surface area contributed by atoms with Gasteiger partial charge in [-0.2, -0.15) is 0 Å². The molecule has 0 rings (SSSR count). The Morgan fingerprint density at radius 1 is 1.25 bits per heavy atom. The van der Waals surface area contributed by atoms with Gasteiger partial charge in [0.05, 0.1) is 0 Å². The minimum absolute atomic E-state index is 0. The van der Waals surface area contributed by atoms with Crippen molar-refractivity contribution in [2.24, 2.45) is 0 Å². The summed E-state index contributed by atoms with van der Waals surface area (Å²) in [6.45, 7) is 0. The largest absolute Gasteiger partial charge is 2.00 e. The summed E-state index contributed by atoms with van der Waals surface area (Å²) >= 11 is 0.